The first-order chi connectivity index (χ1) is 8.02. The van der Waals surface area contributed by atoms with Gasteiger partial charge in [-0.2, -0.15) is 5.10 Å². The van der Waals surface area contributed by atoms with Gasteiger partial charge in [-0.3, -0.25) is 0 Å². The van der Waals surface area contributed by atoms with Gasteiger partial charge in [-0.25, -0.2) is 4.68 Å². The molecule has 2 rings (SSSR count). The summed E-state index contributed by atoms with van der Waals surface area (Å²) in [6, 6.07) is 8.09. The summed E-state index contributed by atoms with van der Waals surface area (Å²) in [5.74, 6) is 0. The van der Waals surface area contributed by atoms with E-state index in [0.29, 0.717) is 6.54 Å². The van der Waals surface area contributed by atoms with Gasteiger partial charge < -0.3 is 5.73 Å². The van der Waals surface area contributed by atoms with Crippen molar-refractivity contribution >= 4 is 0 Å². The van der Waals surface area contributed by atoms with E-state index < -0.39 is 0 Å². The molecule has 0 atom stereocenters. The van der Waals surface area contributed by atoms with E-state index in [4.69, 9.17) is 5.73 Å². The Morgan fingerprint density at radius 3 is 2.53 bits per heavy atom. The van der Waals surface area contributed by atoms with Crippen LogP contribution in [0.1, 0.15) is 31.9 Å². The van der Waals surface area contributed by atoms with Crippen molar-refractivity contribution < 1.29 is 0 Å². The summed E-state index contributed by atoms with van der Waals surface area (Å²) >= 11 is 0. The molecule has 0 saturated heterocycles. The zero-order chi connectivity index (χ0) is 12.5. The van der Waals surface area contributed by atoms with Gasteiger partial charge in [-0.1, -0.05) is 39.0 Å². The minimum Gasteiger partial charge on any atom is -0.326 e. The molecule has 0 aliphatic rings. The molecule has 0 saturated carbocycles. The van der Waals surface area contributed by atoms with Gasteiger partial charge >= 0.3 is 0 Å². The molecule has 0 spiro atoms. The molecule has 0 aliphatic carbocycles. The van der Waals surface area contributed by atoms with E-state index >= 15 is 0 Å². The van der Waals surface area contributed by atoms with E-state index in [9.17, 15) is 0 Å². The molecule has 0 bridgehead atoms. The number of hydrogen-bond acceptors (Lipinski definition) is 2. The highest BCUT2D eigenvalue weighted by atomic mass is 15.3. The summed E-state index contributed by atoms with van der Waals surface area (Å²) in [6.45, 7) is 7.08. The highest BCUT2D eigenvalue weighted by Gasteiger charge is 2.16. The van der Waals surface area contributed by atoms with Crippen molar-refractivity contribution in [3.63, 3.8) is 0 Å². The summed E-state index contributed by atoms with van der Waals surface area (Å²) in [5.41, 5.74) is 9.25. The summed E-state index contributed by atoms with van der Waals surface area (Å²) in [7, 11) is 0. The Hall–Kier alpha value is -1.61. The van der Waals surface area contributed by atoms with Crippen LogP contribution in [0, 0.1) is 0 Å². The predicted molar refractivity (Wildman–Crippen MR) is 70.2 cm³/mol. The van der Waals surface area contributed by atoms with Gasteiger partial charge in [0.05, 0.1) is 11.9 Å². The van der Waals surface area contributed by atoms with E-state index in [-0.39, 0.29) is 5.41 Å². The van der Waals surface area contributed by atoms with Gasteiger partial charge in [0.15, 0.2) is 0 Å². The Kier molecular flexibility index (Phi) is 3.03. The van der Waals surface area contributed by atoms with Crippen LogP contribution in [-0.4, -0.2) is 9.78 Å². The molecule has 17 heavy (non-hydrogen) atoms. The fourth-order valence-electron chi connectivity index (χ4n) is 1.75. The molecule has 3 heteroatoms. The molecule has 0 radical (unpaired) electrons. The molecule has 2 aromatic rings. The van der Waals surface area contributed by atoms with Gasteiger partial charge in [-0.15, -0.1) is 0 Å². The van der Waals surface area contributed by atoms with Crippen LogP contribution in [0.25, 0.3) is 5.69 Å². The number of hydrogen-bond donors (Lipinski definition) is 1. The van der Waals surface area contributed by atoms with Gasteiger partial charge in [0.1, 0.15) is 0 Å². The number of nitrogens with zero attached hydrogens (tertiary/aromatic N) is 2. The van der Waals surface area contributed by atoms with Crippen molar-refractivity contribution in [1.82, 2.24) is 9.78 Å². The number of nitrogens with two attached hydrogens (primary N) is 1. The van der Waals surface area contributed by atoms with Crippen molar-refractivity contribution in [3.8, 4) is 5.69 Å². The molecule has 0 unspecified atom stereocenters. The maximum atomic E-state index is 5.74. The van der Waals surface area contributed by atoms with Crippen LogP contribution >= 0.6 is 0 Å². The SMILES string of the molecule is CC(C)(C)c1cnn(-c2ccccc2CN)c1. The maximum absolute atomic E-state index is 5.74. The van der Waals surface area contributed by atoms with Crippen molar-refractivity contribution in [1.29, 1.82) is 0 Å². The van der Waals surface area contributed by atoms with Crippen LogP contribution < -0.4 is 5.73 Å². The number of para-hydroxylation sites is 1. The Balaban J connectivity index is 2.44. The van der Waals surface area contributed by atoms with Gasteiger partial charge in [0, 0.05) is 12.7 Å². The summed E-state index contributed by atoms with van der Waals surface area (Å²) in [6.07, 6.45) is 4.00. The maximum Gasteiger partial charge on any atom is 0.0690 e. The van der Waals surface area contributed by atoms with Crippen LogP contribution in [0.5, 0.6) is 0 Å². The van der Waals surface area contributed by atoms with Crippen molar-refractivity contribution in [3.05, 3.63) is 47.8 Å². The fourth-order valence-corrected chi connectivity index (χ4v) is 1.75. The van der Waals surface area contributed by atoms with Crippen LogP contribution in [0.4, 0.5) is 0 Å². The number of aromatic nitrogens is 2. The van der Waals surface area contributed by atoms with Crippen molar-refractivity contribution in [2.45, 2.75) is 32.7 Å². The van der Waals surface area contributed by atoms with Crippen LogP contribution in [0.2, 0.25) is 0 Å². The lowest BCUT2D eigenvalue weighted by molar-refractivity contribution is 0.590. The minimum absolute atomic E-state index is 0.121. The Morgan fingerprint density at radius 2 is 1.94 bits per heavy atom. The standard InChI is InChI=1S/C14H19N3/c1-14(2,3)12-9-16-17(10-12)13-7-5-4-6-11(13)8-15/h4-7,9-10H,8,15H2,1-3H3. The predicted octanol–water partition coefficient (Wildman–Crippen LogP) is 2.63. The quantitative estimate of drug-likeness (QED) is 0.860. The fraction of sp³-hybridized carbons (Fsp3) is 0.357. The van der Waals surface area contributed by atoms with Gasteiger partial charge in [0.25, 0.3) is 0 Å². The van der Waals surface area contributed by atoms with E-state index in [0.717, 1.165) is 11.3 Å². The third kappa shape index (κ3) is 2.39. The lowest BCUT2D eigenvalue weighted by atomic mass is 9.90. The molecule has 1 aromatic heterocycles. The topological polar surface area (TPSA) is 43.8 Å². The Bertz CT molecular complexity index is 506. The molecule has 0 fully saturated rings. The van der Waals surface area contributed by atoms with Crippen molar-refractivity contribution in [2.75, 3.05) is 0 Å². The second-order valence-electron chi connectivity index (χ2n) is 5.26. The summed E-state index contributed by atoms with van der Waals surface area (Å²) < 4.78 is 1.91. The second kappa shape index (κ2) is 4.34. The van der Waals surface area contributed by atoms with Crippen LogP contribution in [-0.2, 0) is 12.0 Å². The average Bonchev–Trinajstić information content (AvgIpc) is 2.77. The molecule has 90 valence electrons. The largest absolute Gasteiger partial charge is 0.326 e. The van der Waals surface area contributed by atoms with Gasteiger partial charge in [-0.05, 0) is 22.6 Å². The first kappa shape index (κ1) is 11.9. The Morgan fingerprint density at radius 1 is 1.24 bits per heavy atom. The molecular weight excluding hydrogens is 210 g/mol. The van der Waals surface area contributed by atoms with E-state index in [2.05, 4.69) is 32.1 Å². The lowest BCUT2D eigenvalue weighted by Gasteiger charge is -2.15. The number of rotatable bonds is 2. The van der Waals surface area contributed by atoms with Crippen LogP contribution in [0.15, 0.2) is 36.7 Å². The highest BCUT2D eigenvalue weighted by molar-refractivity contribution is 5.40. The minimum atomic E-state index is 0.121. The van der Waals surface area contributed by atoms with Gasteiger partial charge in [0.2, 0.25) is 0 Å². The normalized spacial score (nSPS) is 11.8. The molecule has 3 nitrogen and oxygen atoms in total. The summed E-state index contributed by atoms with van der Waals surface area (Å²) in [4.78, 5) is 0. The summed E-state index contributed by atoms with van der Waals surface area (Å²) in [5, 5.41) is 4.42. The molecule has 0 aliphatic heterocycles. The zero-order valence-electron chi connectivity index (χ0n) is 10.6. The van der Waals surface area contributed by atoms with E-state index in [1.165, 1.54) is 5.56 Å². The smallest absolute Gasteiger partial charge is 0.0690 e. The first-order valence-electron chi connectivity index (χ1n) is 5.86. The average molecular weight is 229 g/mol. The second-order valence-corrected chi connectivity index (χ2v) is 5.26. The zero-order valence-corrected chi connectivity index (χ0v) is 10.6. The van der Waals surface area contributed by atoms with E-state index in [1.54, 1.807) is 0 Å². The lowest BCUT2D eigenvalue weighted by Crippen LogP contribution is -2.09. The Labute approximate surface area is 102 Å². The molecular formula is C14H19N3. The molecule has 1 aromatic carbocycles. The first-order valence-corrected chi connectivity index (χ1v) is 5.86. The molecule has 0 amide bonds. The monoisotopic (exact) mass is 229 g/mol. The molecule has 2 N–H and O–H groups in total. The van der Waals surface area contributed by atoms with Crippen LogP contribution in [0.3, 0.4) is 0 Å². The van der Waals surface area contributed by atoms with E-state index in [1.807, 2.05) is 35.1 Å². The third-order valence-corrected chi connectivity index (χ3v) is 2.91. The number of benzene rings is 1. The van der Waals surface area contributed by atoms with Crippen molar-refractivity contribution in [2.24, 2.45) is 5.73 Å². The third-order valence-electron chi connectivity index (χ3n) is 2.91. The molecule has 1 heterocycles. The highest BCUT2D eigenvalue weighted by Crippen LogP contribution is 2.23.